The van der Waals surface area contributed by atoms with E-state index in [1.165, 1.54) is 12.1 Å². The predicted octanol–water partition coefficient (Wildman–Crippen LogP) is 1.47. The lowest BCUT2D eigenvalue weighted by atomic mass is 10.2. The molecule has 3 heterocycles. The van der Waals surface area contributed by atoms with Crippen molar-refractivity contribution < 1.29 is 13.9 Å². The Hall–Kier alpha value is -3.64. The molecular weight excluding hydrogens is 444 g/mol. The first-order valence-corrected chi connectivity index (χ1v) is 10.9. The molecule has 1 aliphatic heterocycles. The van der Waals surface area contributed by atoms with E-state index >= 15 is 0 Å². The fraction of sp³-hybridized carbons (Fsp3) is 0.364. The highest BCUT2D eigenvalue weighted by Gasteiger charge is 2.18. The number of piperazine rings is 1. The van der Waals surface area contributed by atoms with Crippen molar-refractivity contribution in [3.63, 3.8) is 0 Å². The third-order valence-electron chi connectivity index (χ3n) is 5.52. The van der Waals surface area contributed by atoms with Gasteiger partial charge in [-0.15, -0.1) is 0 Å². The van der Waals surface area contributed by atoms with E-state index < -0.39 is 11.6 Å². The smallest absolute Gasteiger partial charge is 0.257 e. The molecule has 4 rings (SSSR count). The van der Waals surface area contributed by atoms with Gasteiger partial charge in [0.2, 0.25) is 11.9 Å². The Kier molecular flexibility index (Phi) is 7.28. The number of nitrogens with zero attached hydrogens (tertiary/aromatic N) is 7. The summed E-state index contributed by atoms with van der Waals surface area (Å²) in [6.45, 7) is 5.84. The van der Waals surface area contributed by atoms with Gasteiger partial charge in [0.25, 0.3) is 5.95 Å². The Morgan fingerprint density at radius 1 is 1.09 bits per heavy atom. The Bertz CT molecular complexity index is 1140. The molecule has 0 spiro atoms. The number of hydrogen-bond donors (Lipinski definition) is 3. The molecule has 1 saturated heterocycles. The largest absolute Gasteiger partial charge is 0.395 e. The van der Waals surface area contributed by atoms with Crippen molar-refractivity contribution in [1.82, 2.24) is 29.6 Å². The minimum absolute atomic E-state index is 0.0533. The molecule has 0 saturated carbocycles. The van der Waals surface area contributed by atoms with Crippen molar-refractivity contribution in [1.29, 1.82) is 0 Å². The molecule has 0 aliphatic carbocycles. The van der Waals surface area contributed by atoms with Crippen molar-refractivity contribution in [2.24, 2.45) is 0 Å². The van der Waals surface area contributed by atoms with Crippen LogP contribution in [0.1, 0.15) is 11.3 Å². The van der Waals surface area contributed by atoms with Gasteiger partial charge in [0, 0.05) is 56.6 Å². The molecule has 3 aromatic rings. The molecule has 0 bridgehead atoms. The number of aliphatic hydroxyl groups is 1. The van der Waals surface area contributed by atoms with Gasteiger partial charge < -0.3 is 21.1 Å². The molecule has 0 atom stereocenters. The Morgan fingerprint density at radius 2 is 1.82 bits per heavy atom. The lowest BCUT2D eigenvalue weighted by Gasteiger charge is -2.35. The molecule has 0 radical (unpaired) electrons. The highest BCUT2D eigenvalue weighted by atomic mass is 19.1. The van der Waals surface area contributed by atoms with Crippen LogP contribution in [0.3, 0.4) is 0 Å². The lowest BCUT2D eigenvalue weighted by Crippen LogP contribution is -2.46. The number of benzene rings is 1. The first kappa shape index (κ1) is 23.5. The van der Waals surface area contributed by atoms with Crippen LogP contribution in [0.4, 0.5) is 26.4 Å². The van der Waals surface area contributed by atoms with Gasteiger partial charge in [-0.1, -0.05) is 12.2 Å². The van der Waals surface area contributed by atoms with E-state index in [9.17, 15) is 8.78 Å². The van der Waals surface area contributed by atoms with Crippen LogP contribution in [-0.4, -0.2) is 80.6 Å². The highest BCUT2D eigenvalue weighted by molar-refractivity contribution is 5.52. The molecule has 4 N–H and O–H groups in total. The first-order valence-electron chi connectivity index (χ1n) is 10.9. The zero-order chi connectivity index (χ0) is 24.1. The molecule has 2 aromatic heterocycles. The van der Waals surface area contributed by atoms with E-state index in [-0.39, 0.29) is 24.5 Å². The lowest BCUT2D eigenvalue weighted by molar-refractivity contribution is 0.284. The van der Waals surface area contributed by atoms with Crippen LogP contribution < -0.4 is 16.0 Å². The molecule has 0 unspecified atom stereocenters. The van der Waals surface area contributed by atoms with Gasteiger partial charge in [0.05, 0.1) is 18.5 Å². The average Bonchev–Trinajstić information content (AvgIpc) is 3.17. The van der Waals surface area contributed by atoms with Crippen LogP contribution >= 0.6 is 0 Å². The molecule has 1 aliphatic rings. The number of halogens is 2. The molecule has 34 heavy (non-hydrogen) atoms. The molecule has 1 aromatic carbocycles. The van der Waals surface area contributed by atoms with Gasteiger partial charge in [-0.05, 0) is 19.1 Å². The third kappa shape index (κ3) is 5.64. The monoisotopic (exact) mass is 471 g/mol. The number of hydrogen-bond acceptors (Lipinski definition) is 9. The maximum Gasteiger partial charge on any atom is 0.257 e. The highest BCUT2D eigenvalue weighted by Crippen LogP contribution is 2.20. The van der Waals surface area contributed by atoms with E-state index in [4.69, 9.17) is 10.8 Å². The summed E-state index contributed by atoms with van der Waals surface area (Å²) in [5, 5.41) is 16.2. The van der Waals surface area contributed by atoms with Crippen LogP contribution in [-0.2, 0) is 0 Å². The summed E-state index contributed by atoms with van der Waals surface area (Å²) in [4.78, 5) is 16.7. The summed E-state index contributed by atoms with van der Waals surface area (Å²) < 4.78 is 28.6. The summed E-state index contributed by atoms with van der Waals surface area (Å²) in [6.07, 6.45) is 5.77. The van der Waals surface area contributed by atoms with Crippen LogP contribution in [0.2, 0.25) is 0 Å². The summed E-state index contributed by atoms with van der Waals surface area (Å²) in [5.41, 5.74) is 8.11. The van der Waals surface area contributed by atoms with E-state index in [0.29, 0.717) is 25.3 Å². The number of nitrogens with one attached hydrogen (secondary N) is 1. The summed E-state index contributed by atoms with van der Waals surface area (Å²) in [6, 6.07) is 3.62. The Balaban J connectivity index is 1.35. The quantitative estimate of drug-likeness (QED) is 0.448. The first-order chi connectivity index (χ1) is 16.4. The second-order valence-corrected chi connectivity index (χ2v) is 7.88. The van der Waals surface area contributed by atoms with E-state index in [2.05, 4.69) is 36.3 Å². The third-order valence-corrected chi connectivity index (χ3v) is 5.52. The van der Waals surface area contributed by atoms with Gasteiger partial charge in [0.15, 0.2) is 0 Å². The van der Waals surface area contributed by atoms with Crippen molar-refractivity contribution in [2.75, 3.05) is 61.8 Å². The van der Waals surface area contributed by atoms with E-state index in [1.807, 2.05) is 17.9 Å². The molecule has 180 valence electrons. The second-order valence-electron chi connectivity index (χ2n) is 7.88. The SMILES string of the molecule is Cc1c(C=CCN2CCN(c3cc(F)cc(F)c3)CC2)cnn1-c1nc(N)nc(NCCO)n1. The van der Waals surface area contributed by atoms with E-state index in [0.717, 1.165) is 37.0 Å². The van der Waals surface area contributed by atoms with E-state index in [1.54, 1.807) is 10.9 Å². The van der Waals surface area contributed by atoms with Gasteiger partial charge in [-0.3, -0.25) is 4.90 Å². The molecule has 12 heteroatoms. The van der Waals surface area contributed by atoms with Crippen molar-refractivity contribution in [3.8, 4) is 5.95 Å². The number of rotatable bonds is 8. The van der Waals surface area contributed by atoms with Crippen LogP contribution in [0.15, 0.2) is 30.5 Å². The zero-order valence-corrected chi connectivity index (χ0v) is 18.8. The van der Waals surface area contributed by atoms with Crippen LogP contribution in [0, 0.1) is 18.6 Å². The van der Waals surface area contributed by atoms with Gasteiger partial charge in [0.1, 0.15) is 11.6 Å². The minimum Gasteiger partial charge on any atom is -0.395 e. The number of nitrogens with two attached hydrogens (primary N) is 1. The predicted molar refractivity (Wildman–Crippen MR) is 126 cm³/mol. The maximum atomic E-state index is 13.5. The van der Waals surface area contributed by atoms with Gasteiger partial charge >= 0.3 is 0 Å². The number of aliphatic hydroxyl groups excluding tert-OH is 1. The molecule has 10 nitrogen and oxygen atoms in total. The number of anilines is 3. The number of nitrogen functional groups attached to an aromatic ring is 1. The minimum atomic E-state index is -0.561. The van der Waals surface area contributed by atoms with Gasteiger partial charge in [-0.25, -0.2) is 13.5 Å². The fourth-order valence-electron chi connectivity index (χ4n) is 3.75. The maximum absolute atomic E-state index is 13.5. The Labute approximate surface area is 195 Å². The van der Waals surface area contributed by atoms with Crippen molar-refractivity contribution in [2.45, 2.75) is 6.92 Å². The van der Waals surface area contributed by atoms with Crippen LogP contribution in [0.5, 0.6) is 0 Å². The molecular formula is C22H27F2N9O. The van der Waals surface area contributed by atoms with Crippen molar-refractivity contribution >= 4 is 23.7 Å². The fourth-order valence-corrected chi connectivity index (χ4v) is 3.75. The normalized spacial score (nSPS) is 14.8. The Morgan fingerprint density at radius 3 is 2.53 bits per heavy atom. The summed E-state index contributed by atoms with van der Waals surface area (Å²) in [5.74, 6) is -0.515. The summed E-state index contributed by atoms with van der Waals surface area (Å²) in [7, 11) is 0. The van der Waals surface area contributed by atoms with Crippen molar-refractivity contribution in [3.05, 3.63) is 53.4 Å². The second kappa shape index (κ2) is 10.5. The summed E-state index contributed by atoms with van der Waals surface area (Å²) >= 11 is 0. The molecule has 1 fully saturated rings. The average molecular weight is 472 g/mol. The molecule has 0 amide bonds. The number of aromatic nitrogens is 5. The topological polar surface area (TPSA) is 121 Å². The van der Waals surface area contributed by atoms with Gasteiger partial charge in [-0.2, -0.15) is 20.1 Å². The standard InChI is InChI=1S/C22H27F2N9O/c1-15-16(14-27-33(15)22-29-20(25)28-21(30-22)26-4-10-34)3-2-5-31-6-8-32(9-7-31)19-12-17(23)11-18(24)13-19/h2-3,11-14,34H,4-10H2,1H3,(H3,25,26,28,29,30). The van der Waals surface area contributed by atoms with Crippen LogP contribution in [0.25, 0.3) is 12.0 Å². The zero-order valence-electron chi connectivity index (χ0n) is 18.8.